The Morgan fingerprint density at radius 3 is 2.60 bits per heavy atom. The summed E-state index contributed by atoms with van der Waals surface area (Å²) in [5.74, 6) is 1.62. The van der Waals surface area contributed by atoms with Crippen LogP contribution in [0.2, 0.25) is 0 Å². The van der Waals surface area contributed by atoms with E-state index in [1.54, 1.807) is 0 Å². The Balaban J connectivity index is 3.41. The fraction of sp³-hybridized carbons (Fsp3) is 0.909. The highest BCUT2D eigenvalue weighted by Crippen LogP contribution is 2.02. The molecule has 4 heteroatoms. The second-order valence-electron chi connectivity index (χ2n) is 4.16. The molecule has 0 aromatic carbocycles. The van der Waals surface area contributed by atoms with Crippen molar-refractivity contribution in [3.63, 3.8) is 0 Å². The second kappa shape index (κ2) is 9.04. The molecule has 1 atom stereocenters. The summed E-state index contributed by atoms with van der Waals surface area (Å²) in [7, 11) is 0. The molecule has 3 nitrogen and oxygen atoms in total. The number of hydrogen-bond acceptors (Lipinski definition) is 3. The van der Waals surface area contributed by atoms with Crippen molar-refractivity contribution in [1.29, 1.82) is 0 Å². The van der Waals surface area contributed by atoms with Gasteiger partial charge in [-0.05, 0) is 30.8 Å². The standard InChI is InChI=1S/C11H24N2OS/c1-9(2)10(12)8-11(14)13-6-4-5-7-15-3/h9-10H,4-8,12H2,1-3H3,(H,13,14). The Morgan fingerprint density at radius 1 is 1.40 bits per heavy atom. The van der Waals surface area contributed by atoms with Gasteiger partial charge in [-0.1, -0.05) is 13.8 Å². The summed E-state index contributed by atoms with van der Waals surface area (Å²) in [4.78, 5) is 11.4. The monoisotopic (exact) mass is 232 g/mol. The van der Waals surface area contributed by atoms with Gasteiger partial charge in [0.2, 0.25) is 5.91 Å². The normalized spacial score (nSPS) is 12.9. The molecule has 0 aromatic rings. The summed E-state index contributed by atoms with van der Waals surface area (Å²) in [6.45, 7) is 4.86. The van der Waals surface area contributed by atoms with Crippen LogP contribution in [0.5, 0.6) is 0 Å². The molecule has 15 heavy (non-hydrogen) atoms. The number of nitrogens with one attached hydrogen (secondary N) is 1. The van der Waals surface area contributed by atoms with Crippen LogP contribution in [0.15, 0.2) is 0 Å². The molecule has 0 aliphatic rings. The molecule has 0 aliphatic carbocycles. The molecule has 0 saturated heterocycles. The molecule has 0 bridgehead atoms. The van der Waals surface area contributed by atoms with E-state index in [9.17, 15) is 4.79 Å². The molecule has 1 amide bonds. The number of amides is 1. The molecule has 0 aromatic heterocycles. The van der Waals surface area contributed by atoms with Gasteiger partial charge in [-0.2, -0.15) is 11.8 Å². The minimum atomic E-state index is -0.0174. The summed E-state index contributed by atoms with van der Waals surface area (Å²) in [5.41, 5.74) is 5.81. The lowest BCUT2D eigenvalue weighted by molar-refractivity contribution is -0.121. The Hall–Kier alpha value is -0.220. The molecule has 0 saturated carbocycles. The number of thioether (sulfide) groups is 1. The van der Waals surface area contributed by atoms with Crippen LogP contribution >= 0.6 is 11.8 Å². The van der Waals surface area contributed by atoms with Gasteiger partial charge in [0.15, 0.2) is 0 Å². The molecule has 0 fully saturated rings. The molecule has 3 N–H and O–H groups in total. The van der Waals surface area contributed by atoms with E-state index < -0.39 is 0 Å². The van der Waals surface area contributed by atoms with E-state index in [2.05, 4.69) is 11.6 Å². The lowest BCUT2D eigenvalue weighted by Crippen LogP contribution is -2.35. The van der Waals surface area contributed by atoms with Crippen molar-refractivity contribution in [1.82, 2.24) is 5.32 Å². The number of hydrogen-bond donors (Lipinski definition) is 2. The van der Waals surface area contributed by atoms with E-state index >= 15 is 0 Å². The highest BCUT2D eigenvalue weighted by atomic mass is 32.2. The summed E-state index contributed by atoms with van der Waals surface area (Å²) in [5, 5.41) is 2.90. The van der Waals surface area contributed by atoms with Gasteiger partial charge in [-0.25, -0.2) is 0 Å². The highest BCUT2D eigenvalue weighted by Gasteiger charge is 2.11. The molecular formula is C11H24N2OS. The quantitative estimate of drug-likeness (QED) is 0.625. The van der Waals surface area contributed by atoms with Gasteiger partial charge in [0.1, 0.15) is 0 Å². The molecule has 0 radical (unpaired) electrons. The SMILES string of the molecule is CSCCCCNC(=O)CC(N)C(C)C. The number of carbonyl (C=O) groups is 1. The predicted octanol–water partition coefficient (Wildman–Crippen LogP) is 1.62. The average molecular weight is 232 g/mol. The van der Waals surface area contributed by atoms with E-state index in [0.29, 0.717) is 12.3 Å². The number of rotatable bonds is 8. The Morgan fingerprint density at radius 2 is 2.07 bits per heavy atom. The third kappa shape index (κ3) is 8.75. The van der Waals surface area contributed by atoms with Crippen LogP contribution in [-0.2, 0) is 4.79 Å². The summed E-state index contributed by atoms with van der Waals surface area (Å²) in [6.07, 6.45) is 4.77. The zero-order valence-corrected chi connectivity index (χ0v) is 10.9. The Kier molecular flexibility index (Phi) is 8.91. The van der Waals surface area contributed by atoms with Crippen molar-refractivity contribution in [2.45, 2.75) is 39.2 Å². The smallest absolute Gasteiger partial charge is 0.221 e. The fourth-order valence-electron chi connectivity index (χ4n) is 1.12. The van der Waals surface area contributed by atoms with Crippen molar-refractivity contribution in [3.05, 3.63) is 0 Å². The van der Waals surface area contributed by atoms with Crippen LogP contribution in [0.4, 0.5) is 0 Å². The molecular weight excluding hydrogens is 208 g/mol. The lowest BCUT2D eigenvalue weighted by Gasteiger charge is -2.14. The van der Waals surface area contributed by atoms with Crippen LogP contribution < -0.4 is 11.1 Å². The largest absolute Gasteiger partial charge is 0.356 e. The second-order valence-corrected chi connectivity index (χ2v) is 5.15. The zero-order chi connectivity index (χ0) is 11.7. The predicted molar refractivity (Wildman–Crippen MR) is 68.1 cm³/mol. The van der Waals surface area contributed by atoms with E-state index in [-0.39, 0.29) is 11.9 Å². The Labute approximate surface area is 97.6 Å². The highest BCUT2D eigenvalue weighted by molar-refractivity contribution is 7.98. The van der Waals surface area contributed by atoms with Crippen LogP contribution in [0, 0.1) is 5.92 Å². The maximum atomic E-state index is 11.4. The van der Waals surface area contributed by atoms with E-state index in [4.69, 9.17) is 5.73 Å². The van der Waals surface area contributed by atoms with Crippen LogP contribution in [0.1, 0.15) is 33.1 Å². The minimum absolute atomic E-state index is 0.0174. The summed E-state index contributed by atoms with van der Waals surface area (Å²) >= 11 is 1.84. The van der Waals surface area contributed by atoms with Crippen molar-refractivity contribution in [2.24, 2.45) is 11.7 Å². The summed E-state index contributed by atoms with van der Waals surface area (Å²) in [6, 6.07) is -0.0174. The third-order valence-corrected chi connectivity index (χ3v) is 3.07. The van der Waals surface area contributed by atoms with Gasteiger partial charge in [-0.3, -0.25) is 4.79 Å². The zero-order valence-electron chi connectivity index (χ0n) is 10.1. The molecule has 0 aliphatic heterocycles. The Bertz CT molecular complexity index is 174. The van der Waals surface area contributed by atoms with Crippen LogP contribution in [-0.4, -0.2) is 30.5 Å². The van der Waals surface area contributed by atoms with Crippen molar-refractivity contribution in [3.8, 4) is 0 Å². The van der Waals surface area contributed by atoms with Crippen molar-refractivity contribution >= 4 is 17.7 Å². The third-order valence-electron chi connectivity index (χ3n) is 2.37. The van der Waals surface area contributed by atoms with Gasteiger partial charge in [0.05, 0.1) is 0 Å². The number of carbonyl (C=O) groups excluding carboxylic acids is 1. The van der Waals surface area contributed by atoms with Gasteiger partial charge in [-0.15, -0.1) is 0 Å². The number of nitrogens with two attached hydrogens (primary N) is 1. The molecule has 0 spiro atoms. The molecule has 1 unspecified atom stereocenters. The van der Waals surface area contributed by atoms with E-state index in [1.165, 1.54) is 5.75 Å². The van der Waals surface area contributed by atoms with Gasteiger partial charge in [0.25, 0.3) is 0 Å². The topological polar surface area (TPSA) is 55.1 Å². The van der Waals surface area contributed by atoms with Gasteiger partial charge < -0.3 is 11.1 Å². The van der Waals surface area contributed by atoms with Gasteiger partial charge in [0, 0.05) is 19.0 Å². The maximum absolute atomic E-state index is 11.4. The van der Waals surface area contributed by atoms with Gasteiger partial charge >= 0.3 is 0 Å². The van der Waals surface area contributed by atoms with Crippen LogP contribution in [0.3, 0.4) is 0 Å². The fourth-order valence-corrected chi connectivity index (χ4v) is 1.61. The van der Waals surface area contributed by atoms with E-state index in [0.717, 1.165) is 19.4 Å². The average Bonchev–Trinajstić information content (AvgIpc) is 2.17. The van der Waals surface area contributed by atoms with E-state index in [1.807, 2.05) is 25.6 Å². The minimum Gasteiger partial charge on any atom is -0.356 e. The first-order chi connectivity index (χ1) is 7.07. The summed E-state index contributed by atoms with van der Waals surface area (Å²) < 4.78 is 0. The first-order valence-corrected chi connectivity index (χ1v) is 6.98. The molecule has 0 heterocycles. The molecule has 0 rings (SSSR count). The number of unbranched alkanes of at least 4 members (excludes halogenated alkanes) is 1. The van der Waals surface area contributed by atoms with Crippen molar-refractivity contribution in [2.75, 3.05) is 18.6 Å². The van der Waals surface area contributed by atoms with Crippen molar-refractivity contribution < 1.29 is 4.79 Å². The lowest BCUT2D eigenvalue weighted by atomic mass is 10.0. The van der Waals surface area contributed by atoms with Crippen LogP contribution in [0.25, 0.3) is 0 Å². The molecule has 90 valence electrons. The maximum Gasteiger partial charge on any atom is 0.221 e. The first-order valence-electron chi connectivity index (χ1n) is 5.59. The first kappa shape index (κ1) is 14.8.